The lowest BCUT2D eigenvalue weighted by molar-refractivity contribution is -0.127. The van der Waals surface area contributed by atoms with Crippen molar-refractivity contribution in [2.75, 3.05) is 5.32 Å². The standard InChI is InChI=1S/C12H13NO4.C2H6/c1-7(14)13-8-4-5-10-9(6-8)11(15)17-12(2,3)16-10;1-2/h4-6H,1-3H3,(H,13,14);1-2H3. The van der Waals surface area contributed by atoms with Crippen molar-refractivity contribution in [3.8, 4) is 5.75 Å². The average Bonchev–Trinajstić information content (AvgIpc) is 2.31. The molecule has 19 heavy (non-hydrogen) atoms. The predicted octanol–water partition coefficient (Wildman–Crippen LogP) is 2.96. The van der Waals surface area contributed by atoms with Gasteiger partial charge in [0.2, 0.25) is 11.7 Å². The Morgan fingerprint density at radius 1 is 1.21 bits per heavy atom. The molecule has 0 saturated heterocycles. The van der Waals surface area contributed by atoms with Crippen molar-refractivity contribution in [1.29, 1.82) is 0 Å². The molecule has 2 rings (SSSR count). The number of ether oxygens (including phenoxy) is 2. The Bertz CT molecular complexity index is 494. The minimum atomic E-state index is -0.959. The molecule has 0 radical (unpaired) electrons. The first kappa shape index (κ1) is 15.0. The molecular weight excluding hydrogens is 246 g/mol. The third-order valence-electron chi connectivity index (χ3n) is 2.21. The lowest BCUT2D eigenvalue weighted by atomic mass is 10.1. The molecule has 1 aliphatic rings. The molecule has 5 nitrogen and oxygen atoms in total. The van der Waals surface area contributed by atoms with E-state index >= 15 is 0 Å². The van der Waals surface area contributed by atoms with Gasteiger partial charge in [0.05, 0.1) is 0 Å². The molecule has 0 aromatic heterocycles. The largest absolute Gasteiger partial charge is 0.452 e. The maximum Gasteiger partial charge on any atom is 0.345 e. The molecule has 1 aromatic rings. The first-order valence-corrected chi connectivity index (χ1v) is 6.21. The van der Waals surface area contributed by atoms with Gasteiger partial charge in [0.1, 0.15) is 11.3 Å². The van der Waals surface area contributed by atoms with Gasteiger partial charge in [-0.15, -0.1) is 0 Å². The van der Waals surface area contributed by atoms with Gasteiger partial charge in [0.25, 0.3) is 0 Å². The molecule has 5 heteroatoms. The highest BCUT2D eigenvalue weighted by molar-refractivity contribution is 5.96. The Morgan fingerprint density at radius 3 is 2.42 bits per heavy atom. The molecule has 0 atom stereocenters. The summed E-state index contributed by atoms with van der Waals surface area (Å²) in [7, 11) is 0. The maximum absolute atomic E-state index is 11.7. The Balaban J connectivity index is 0.000000861. The summed E-state index contributed by atoms with van der Waals surface area (Å²) in [6, 6.07) is 4.85. The number of carbonyl (C=O) groups excluding carboxylic acids is 2. The van der Waals surface area contributed by atoms with Gasteiger partial charge in [-0.3, -0.25) is 4.79 Å². The fourth-order valence-electron chi connectivity index (χ4n) is 1.62. The average molecular weight is 265 g/mol. The van der Waals surface area contributed by atoms with Gasteiger partial charge in [-0.1, -0.05) is 13.8 Å². The molecule has 1 aromatic carbocycles. The van der Waals surface area contributed by atoms with Crippen LogP contribution >= 0.6 is 0 Å². The molecule has 0 saturated carbocycles. The SMILES string of the molecule is CC.CC(=O)Nc1ccc2c(c1)C(=O)OC(C)(C)O2. The first-order valence-electron chi connectivity index (χ1n) is 6.21. The van der Waals surface area contributed by atoms with Crippen LogP contribution in [0.2, 0.25) is 0 Å². The van der Waals surface area contributed by atoms with Crippen LogP contribution in [-0.2, 0) is 9.53 Å². The van der Waals surface area contributed by atoms with E-state index in [4.69, 9.17) is 9.47 Å². The highest BCUT2D eigenvalue weighted by Crippen LogP contribution is 2.32. The third-order valence-corrected chi connectivity index (χ3v) is 2.21. The summed E-state index contributed by atoms with van der Waals surface area (Å²) in [4.78, 5) is 22.6. The van der Waals surface area contributed by atoms with E-state index in [9.17, 15) is 9.59 Å². The van der Waals surface area contributed by atoms with Gasteiger partial charge in [0.15, 0.2) is 0 Å². The molecule has 1 amide bonds. The Kier molecular flexibility index (Phi) is 4.53. The number of hydrogen-bond donors (Lipinski definition) is 1. The molecule has 0 aliphatic carbocycles. The molecule has 1 heterocycles. The lowest BCUT2D eigenvalue weighted by Crippen LogP contribution is -2.38. The van der Waals surface area contributed by atoms with E-state index in [2.05, 4.69) is 5.32 Å². The van der Waals surface area contributed by atoms with E-state index in [1.165, 1.54) is 13.0 Å². The molecule has 0 fully saturated rings. The normalized spacial score (nSPS) is 15.1. The van der Waals surface area contributed by atoms with Gasteiger partial charge < -0.3 is 14.8 Å². The highest BCUT2D eigenvalue weighted by Gasteiger charge is 2.33. The van der Waals surface area contributed by atoms with Crippen molar-refractivity contribution >= 4 is 17.6 Å². The summed E-state index contributed by atoms with van der Waals surface area (Å²) >= 11 is 0. The number of esters is 1. The predicted molar refractivity (Wildman–Crippen MR) is 72.2 cm³/mol. The lowest BCUT2D eigenvalue weighted by Gasteiger charge is -2.31. The molecule has 1 aliphatic heterocycles. The zero-order chi connectivity index (χ0) is 14.6. The molecule has 0 spiro atoms. The maximum atomic E-state index is 11.7. The van der Waals surface area contributed by atoms with Gasteiger partial charge in [-0.05, 0) is 18.2 Å². The Morgan fingerprint density at radius 2 is 1.84 bits per heavy atom. The second-order valence-corrected chi connectivity index (χ2v) is 4.28. The Hall–Kier alpha value is -2.04. The van der Waals surface area contributed by atoms with Crippen LogP contribution in [0.25, 0.3) is 0 Å². The number of benzene rings is 1. The number of nitrogens with one attached hydrogen (secondary N) is 1. The van der Waals surface area contributed by atoms with Crippen molar-refractivity contribution in [1.82, 2.24) is 0 Å². The van der Waals surface area contributed by atoms with E-state index in [1.807, 2.05) is 13.8 Å². The second kappa shape index (κ2) is 5.73. The summed E-state index contributed by atoms with van der Waals surface area (Å²) in [5.41, 5.74) is 0.854. The number of fused-ring (bicyclic) bond motifs is 1. The summed E-state index contributed by atoms with van der Waals surface area (Å²) in [6.07, 6.45) is 0. The van der Waals surface area contributed by atoms with Crippen LogP contribution in [0, 0.1) is 0 Å². The van der Waals surface area contributed by atoms with Crippen molar-refractivity contribution in [2.45, 2.75) is 40.4 Å². The van der Waals surface area contributed by atoms with E-state index in [-0.39, 0.29) is 5.91 Å². The van der Waals surface area contributed by atoms with Gasteiger partial charge in [0, 0.05) is 26.5 Å². The van der Waals surface area contributed by atoms with Crippen LogP contribution in [0.1, 0.15) is 45.0 Å². The van der Waals surface area contributed by atoms with Gasteiger partial charge >= 0.3 is 5.97 Å². The fraction of sp³-hybridized carbons (Fsp3) is 0.429. The zero-order valence-electron chi connectivity index (χ0n) is 11.9. The molecular formula is C14H19NO4. The van der Waals surface area contributed by atoms with Gasteiger partial charge in [-0.25, -0.2) is 4.79 Å². The Labute approximate surface area is 112 Å². The van der Waals surface area contributed by atoms with Crippen LogP contribution in [-0.4, -0.2) is 17.7 Å². The van der Waals surface area contributed by atoms with E-state index in [0.29, 0.717) is 17.0 Å². The first-order chi connectivity index (χ1) is 8.87. The number of anilines is 1. The van der Waals surface area contributed by atoms with Crippen molar-refractivity contribution in [3.05, 3.63) is 23.8 Å². The number of carbonyl (C=O) groups is 2. The molecule has 104 valence electrons. The number of amides is 1. The molecule has 0 unspecified atom stereocenters. The van der Waals surface area contributed by atoms with Crippen LogP contribution in [0.5, 0.6) is 5.75 Å². The fourth-order valence-corrected chi connectivity index (χ4v) is 1.62. The third kappa shape index (κ3) is 3.71. The number of hydrogen-bond acceptors (Lipinski definition) is 4. The van der Waals surface area contributed by atoms with Crippen molar-refractivity contribution in [2.24, 2.45) is 0 Å². The molecule has 0 bridgehead atoms. The van der Waals surface area contributed by atoms with Crippen molar-refractivity contribution < 1.29 is 19.1 Å². The van der Waals surface area contributed by atoms with E-state index in [0.717, 1.165) is 0 Å². The minimum absolute atomic E-state index is 0.199. The van der Waals surface area contributed by atoms with E-state index in [1.54, 1.807) is 26.0 Å². The quantitative estimate of drug-likeness (QED) is 0.793. The zero-order valence-corrected chi connectivity index (χ0v) is 11.9. The smallest absolute Gasteiger partial charge is 0.345 e. The second-order valence-electron chi connectivity index (χ2n) is 4.28. The summed E-state index contributed by atoms with van der Waals surface area (Å²) in [5.74, 6) is -1.15. The van der Waals surface area contributed by atoms with Crippen molar-refractivity contribution in [3.63, 3.8) is 0 Å². The van der Waals surface area contributed by atoms with Crippen LogP contribution in [0.15, 0.2) is 18.2 Å². The molecule has 1 N–H and O–H groups in total. The summed E-state index contributed by atoms with van der Waals surface area (Å²) < 4.78 is 10.6. The highest BCUT2D eigenvalue weighted by atomic mass is 16.7. The summed E-state index contributed by atoms with van der Waals surface area (Å²) in [6.45, 7) is 8.72. The number of cyclic esters (lactones) is 1. The van der Waals surface area contributed by atoms with Crippen LogP contribution in [0.3, 0.4) is 0 Å². The monoisotopic (exact) mass is 265 g/mol. The van der Waals surface area contributed by atoms with Gasteiger partial charge in [-0.2, -0.15) is 0 Å². The topological polar surface area (TPSA) is 64.6 Å². The van der Waals surface area contributed by atoms with Crippen LogP contribution < -0.4 is 10.1 Å². The van der Waals surface area contributed by atoms with E-state index < -0.39 is 11.8 Å². The minimum Gasteiger partial charge on any atom is -0.452 e. The van der Waals surface area contributed by atoms with Crippen LogP contribution in [0.4, 0.5) is 5.69 Å². The summed E-state index contributed by atoms with van der Waals surface area (Å²) in [5, 5.41) is 2.59. The number of rotatable bonds is 1.